The Morgan fingerprint density at radius 3 is 2.50 bits per heavy atom. The van der Waals surface area contributed by atoms with E-state index < -0.39 is 17.4 Å². The molecular weight excluding hydrogens is 417 g/mol. The molecule has 4 rings (SSSR count). The predicted molar refractivity (Wildman–Crippen MR) is 98.3 cm³/mol. The minimum atomic E-state index is -0.816. The quantitative estimate of drug-likeness (QED) is 0.641. The zero-order chi connectivity index (χ0) is 17.2. The number of rotatable bonds is 1. The molecule has 2 heterocycles. The predicted octanol–water partition coefficient (Wildman–Crippen LogP) is 2.78. The molecule has 1 fully saturated rings. The number of ketones is 2. The maximum Gasteiger partial charge on any atom is 0.261 e. The van der Waals surface area contributed by atoms with Gasteiger partial charge in [0.05, 0.1) is 16.0 Å². The zero-order valence-corrected chi connectivity index (χ0v) is 15.5. The van der Waals surface area contributed by atoms with E-state index >= 15 is 0 Å². The highest BCUT2D eigenvalue weighted by Gasteiger charge is 2.65. The van der Waals surface area contributed by atoms with Crippen molar-refractivity contribution in [1.29, 1.82) is 0 Å². The van der Waals surface area contributed by atoms with E-state index in [1.54, 1.807) is 11.8 Å². The number of carbonyl (C=O) groups is 3. The molecule has 1 aliphatic carbocycles. The Bertz CT molecular complexity index is 855. The first kappa shape index (κ1) is 15.7. The summed E-state index contributed by atoms with van der Waals surface area (Å²) in [6, 6.07) is 9.70. The van der Waals surface area contributed by atoms with Crippen LogP contribution in [0.4, 0.5) is 0 Å². The number of carbonyl (C=O) groups excluding carboxylic acids is 3. The van der Waals surface area contributed by atoms with Crippen LogP contribution in [0.2, 0.25) is 0 Å². The van der Waals surface area contributed by atoms with Crippen LogP contribution in [0.3, 0.4) is 0 Å². The van der Waals surface area contributed by atoms with Crippen molar-refractivity contribution in [2.75, 3.05) is 6.54 Å². The van der Waals surface area contributed by atoms with Crippen LogP contribution in [0.25, 0.3) is 5.57 Å². The molecule has 3 aliphatic rings. The van der Waals surface area contributed by atoms with Gasteiger partial charge < -0.3 is 4.90 Å². The molecular formula is C19H16INO3. The third kappa shape index (κ3) is 1.76. The maximum absolute atomic E-state index is 12.9. The van der Waals surface area contributed by atoms with Crippen LogP contribution in [0.15, 0.2) is 45.6 Å². The third-order valence-electron chi connectivity index (χ3n) is 5.44. The first-order valence-corrected chi connectivity index (χ1v) is 9.01. The number of Topliss-reactive ketones (excluding diaryl/α,β-unsaturated/α-hetero) is 2. The molecule has 0 bridgehead atoms. The number of hydrogen-bond donors (Lipinski definition) is 0. The molecule has 122 valence electrons. The van der Waals surface area contributed by atoms with E-state index in [0.717, 1.165) is 11.1 Å². The fourth-order valence-electron chi connectivity index (χ4n) is 4.50. The van der Waals surface area contributed by atoms with E-state index in [2.05, 4.69) is 22.6 Å². The molecule has 0 N–H and O–H groups in total. The van der Waals surface area contributed by atoms with Gasteiger partial charge in [-0.15, -0.1) is 0 Å². The normalized spacial score (nSPS) is 32.2. The number of allylic oxidation sites excluding steroid dienone is 1. The van der Waals surface area contributed by atoms with E-state index in [1.165, 1.54) is 0 Å². The lowest BCUT2D eigenvalue weighted by molar-refractivity contribution is -0.129. The second-order valence-electron chi connectivity index (χ2n) is 6.70. The zero-order valence-electron chi connectivity index (χ0n) is 13.4. The average molecular weight is 433 g/mol. The second kappa shape index (κ2) is 5.12. The number of hydrogen-bond acceptors (Lipinski definition) is 3. The van der Waals surface area contributed by atoms with Gasteiger partial charge in [-0.05, 0) is 46.7 Å². The summed E-state index contributed by atoms with van der Waals surface area (Å²) in [5.41, 5.74) is 1.61. The molecule has 5 heteroatoms. The Morgan fingerprint density at radius 2 is 1.83 bits per heavy atom. The Morgan fingerprint density at radius 1 is 1.17 bits per heavy atom. The summed E-state index contributed by atoms with van der Waals surface area (Å²) in [7, 11) is 0. The topological polar surface area (TPSA) is 54.5 Å². The molecule has 0 aromatic heterocycles. The Kier molecular flexibility index (Phi) is 3.36. The summed E-state index contributed by atoms with van der Waals surface area (Å²) in [5, 5.41) is 0. The Labute approximate surface area is 153 Å². The standard InChI is InChI=1S/C19H16INO3/c1-10-8-19-14(11(2)17(10)23)13(22)9-21(19)18(24)16(20)15(19)12-6-4-3-5-7-12/h3-8,11,14H,9H2,1-2H3/t11-,14+,19+/m1/s1. The first-order chi connectivity index (χ1) is 11.4. The van der Waals surface area contributed by atoms with Crippen molar-refractivity contribution in [2.45, 2.75) is 19.4 Å². The highest BCUT2D eigenvalue weighted by Crippen LogP contribution is 2.56. The monoisotopic (exact) mass is 433 g/mol. The number of halogens is 1. The molecule has 1 saturated heterocycles. The lowest BCUT2D eigenvalue weighted by Crippen LogP contribution is -2.51. The van der Waals surface area contributed by atoms with E-state index in [-0.39, 0.29) is 24.0 Å². The SMILES string of the molecule is CC1=C[C@]23C(c4ccccc4)=C(I)C(=O)N2CC(=O)[C@@H]3[C@@H](C)C1=O. The third-order valence-corrected chi connectivity index (χ3v) is 6.44. The first-order valence-electron chi connectivity index (χ1n) is 7.93. The van der Waals surface area contributed by atoms with Gasteiger partial charge in [0, 0.05) is 11.5 Å². The number of benzene rings is 1. The molecule has 2 aliphatic heterocycles. The Balaban J connectivity index is 2.05. The van der Waals surface area contributed by atoms with Crippen molar-refractivity contribution in [3.05, 3.63) is 51.1 Å². The molecule has 0 radical (unpaired) electrons. The summed E-state index contributed by atoms with van der Waals surface area (Å²) in [4.78, 5) is 39.7. The van der Waals surface area contributed by atoms with Crippen LogP contribution in [0, 0.1) is 11.8 Å². The number of amides is 1. The summed E-state index contributed by atoms with van der Waals surface area (Å²) in [5.74, 6) is -1.05. The van der Waals surface area contributed by atoms with Crippen molar-refractivity contribution in [2.24, 2.45) is 11.8 Å². The van der Waals surface area contributed by atoms with Gasteiger partial charge in [0.25, 0.3) is 5.91 Å². The van der Waals surface area contributed by atoms with Crippen molar-refractivity contribution >= 4 is 45.6 Å². The van der Waals surface area contributed by atoms with Crippen LogP contribution < -0.4 is 0 Å². The summed E-state index contributed by atoms with van der Waals surface area (Å²) >= 11 is 2.08. The van der Waals surface area contributed by atoms with Crippen LogP contribution in [-0.4, -0.2) is 34.5 Å². The smallest absolute Gasteiger partial charge is 0.261 e. The van der Waals surface area contributed by atoms with Crippen molar-refractivity contribution < 1.29 is 14.4 Å². The van der Waals surface area contributed by atoms with Crippen molar-refractivity contribution in [3.63, 3.8) is 0 Å². The Hall–Kier alpha value is -1.76. The van der Waals surface area contributed by atoms with Crippen LogP contribution in [0.5, 0.6) is 0 Å². The molecule has 4 nitrogen and oxygen atoms in total. The van der Waals surface area contributed by atoms with Gasteiger partial charge >= 0.3 is 0 Å². The van der Waals surface area contributed by atoms with Crippen LogP contribution in [-0.2, 0) is 14.4 Å². The van der Waals surface area contributed by atoms with Crippen molar-refractivity contribution in [1.82, 2.24) is 4.90 Å². The van der Waals surface area contributed by atoms with Crippen LogP contribution in [0.1, 0.15) is 19.4 Å². The fraction of sp³-hybridized carbons (Fsp3) is 0.316. The molecule has 0 unspecified atom stereocenters. The minimum Gasteiger partial charge on any atom is -0.317 e. The van der Waals surface area contributed by atoms with Gasteiger partial charge in [-0.25, -0.2) is 0 Å². The van der Waals surface area contributed by atoms with E-state index in [1.807, 2.05) is 43.3 Å². The van der Waals surface area contributed by atoms with Crippen molar-refractivity contribution in [3.8, 4) is 0 Å². The largest absolute Gasteiger partial charge is 0.317 e. The summed E-state index contributed by atoms with van der Waals surface area (Å²) in [6.07, 6.45) is 1.86. The molecule has 1 spiro atoms. The molecule has 0 saturated carbocycles. The maximum atomic E-state index is 12.9. The minimum absolute atomic E-state index is 0.00240. The molecule has 1 aromatic carbocycles. The van der Waals surface area contributed by atoms with Gasteiger partial charge in [-0.2, -0.15) is 0 Å². The van der Waals surface area contributed by atoms with Gasteiger partial charge in [0.1, 0.15) is 5.54 Å². The van der Waals surface area contributed by atoms with Gasteiger partial charge in [0.2, 0.25) is 0 Å². The average Bonchev–Trinajstić information content (AvgIpc) is 2.95. The van der Waals surface area contributed by atoms with Gasteiger partial charge in [-0.1, -0.05) is 37.3 Å². The number of nitrogens with zero attached hydrogens (tertiary/aromatic N) is 1. The second-order valence-corrected chi connectivity index (χ2v) is 7.77. The molecule has 24 heavy (non-hydrogen) atoms. The van der Waals surface area contributed by atoms with E-state index in [0.29, 0.717) is 9.15 Å². The van der Waals surface area contributed by atoms with Gasteiger partial charge in [-0.3, -0.25) is 14.4 Å². The molecule has 3 atom stereocenters. The van der Waals surface area contributed by atoms with E-state index in [4.69, 9.17) is 0 Å². The fourth-order valence-corrected chi connectivity index (χ4v) is 5.54. The van der Waals surface area contributed by atoms with E-state index in [9.17, 15) is 14.4 Å². The molecule has 1 amide bonds. The summed E-state index contributed by atoms with van der Waals surface area (Å²) in [6.45, 7) is 3.67. The highest BCUT2D eigenvalue weighted by atomic mass is 127. The van der Waals surface area contributed by atoms with Crippen LogP contribution >= 0.6 is 22.6 Å². The summed E-state index contributed by atoms with van der Waals surface area (Å²) < 4.78 is 0.641. The lowest BCUT2D eigenvalue weighted by Gasteiger charge is -2.41. The highest BCUT2D eigenvalue weighted by molar-refractivity contribution is 14.1. The molecule has 1 aromatic rings. The van der Waals surface area contributed by atoms with Gasteiger partial charge in [0.15, 0.2) is 11.6 Å². The lowest BCUT2D eigenvalue weighted by atomic mass is 9.65.